The molecule has 2 aromatic rings. The summed E-state index contributed by atoms with van der Waals surface area (Å²) in [6, 6.07) is 0.205. The van der Waals surface area contributed by atoms with Crippen molar-refractivity contribution in [2.75, 3.05) is 0 Å². The van der Waals surface area contributed by atoms with E-state index in [-0.39, 0.29) is 6.04 Å². The smallest absolute Gasteiger partial charge is 0.0952 e. The number of imidazole rings is 1. The molecule has 0 bridgehead atoms. The Bertz CT molecular complexity index is 485. The van der Waals surface area contributed by atoms with Crippen LogP contribution in [0.5, 0.6) is 0 Å². The lowest BCUT2D eigenvalue weighted by atomic mass is 10.1. The first-order valence-electron chi connectivity index (χ1n) is 6.48. The zero-order valence-corrected chi connectivity index (χ0v) is 11.1. The van der Waals surface area contributed by atoms with Gasteiger partial charge in [0.15, 0.2) is 0 Å². The zero-order chi connectivity index (χ0) is 13.0. The van der Waals surface area contributed by atoms with Crippen molar-refractivity contribution < 1.29 is 0 Å². The highest BCUT2D eigenvalue weighted by Crippen LogP contribution is 2.05. The molecule has 1 unspecified atom stereocenters. The molecule has 0 saturated carbocycles. The van der Waals surface area contributed by atoms with Crippen LogP contribution in [0.15, 0.2) is 24.9 Å². The second kappa shape index (κ2) is 5.82. The molecule has 2 aromatic heterocycles. The summed E-state index contributed by atoms with van der Waals surface area (Å²) in [6.07, 6.45) is 9.73. The minimum absolute atomic E-state index is 0.205. The summed E-state index contributed by atoms with van der Waals surface area (Å²) in [5, 5.41) is 4.26. The maximum Gasteiger partial charge on any atom is 0.0952 e. The van der Waals surface area contributed by atoms with Crippen LogP contribution in [0.1, 0.15) is 31.5 Å². The first kappa shape index (κ1) is 12.8. The quantitative estimate of drug-likeness (QED) is 0.840. The first-order valence-corrected chi connectivity index (χ1v) is 6.48. The monoisotopic (exact) mass is 247 g/mol. The molecule has 2 heterocycles. The maximum atomic E-state index is 5.93. The third-order valence-corrected chi connectivity index (χ3v) is 3.06. The maximum absolute atomic E-state index is 5.93. The molecule has 0 radical (unpaired) electrons. The molecular weight excluding hydrogens is 226 g/mol. The van der Waals surface area contributed by atoms with Gasteiger partial charge in [-0.15, -0.1) is 0 Å². The van der Waals surface area contributed by atoms with Crippen LogP contribution in [0.3, 0.4) is 0 Å². The van der Waals surface area contributed by atoms with Gasteiger partial charge in [-0.3, -0.25) is 4.68 Å². The SMILES string of the molecule is CCC(N)Cc1cn(Cc2cnn(CC)c2)cn1. The predicted octanol–water partition coefficient (Wildman–Crippen LogP) is 1.43. The van der Waals surface area contributed by atoms with Gasteiger partial charge in [0.2, 0.25) is 0 Å². The summed E-state index contributed by atoms with van der Waals surface area (Å²) < 4.78 is 4.01. The van der Waals surface area contributed by atoms with Crippen LogP contribution in [-0.4, -0.2) is 25.4 Å². The van der Waals surface area contributed by atoms with Gasteiger partial charge in [-0.05, 0) is 13.3 Å². The molecule has 0 spiro atoms. The van der Waals surface area contributed by atoms with Crippen molar-refractivity contribution in [2.24, 2.45) is 5.73 Å². The van der Waals surface area contributed by atoms with E-state index in [1.807, 2.05) is 17.2 Å². The Hall–Kier alpha value is -1.62. The molecule has 2 N–H and O–H groups in total. The van der Waals surface area contributed by atoms with E-state index < -0.39 is 0 Å². The fourth-order valence-corrected chi connectivity index (χ4v) is 1.88. The van der Waals surface area contributed by atoms with E-state index in [4.69, 9.17) is 5.73 Å². The molecule has 0 aliphatic rings. The highest BCUT2D eigenvalue weighted by Gasteiger charge is 2.05. The van der Waals surface area contributed by atoms with Gasteiger partial charge < -0.3 is 10.3 Å². The molecule has 0 fully saturated rings. The summed E-state index contributed by atoms with van der Waals surface area (Å²) in [4.78, 5) is 4.38. The number of hydrogen-bond donors (Lipinski definition) is 1. The van der Waals surface area contributed by atoms with Crippen LogP contribution in [0, 0.1) is 0 Å². The highest BCUT2D eigenvalue weighted by molar-refractivity contribution is 5.07. The number of rotatable bonds is 6. The zero-order valence-electron chi connectivity index (χ0n) is 11.1. The van der Waals surface area contributed by atoms with E-state index in [0.29, 0.717) is 0 Å². The average molecular weight is 247 g/mol. The van der Waals surface area contributed by atoms with E-state index in [1.165, 1.54) is 5.56 Å². The topological polar surface area (TPSA) is 61.7 Å². The normalized spacial score (nSPS) is 12.8. The van der Waals surface area contributed by atoms with Gasteiger partial charge >= 0.3 is 0 Å². The van der Waals surface area contributed by atoms with Gasteiger partial charge in [0, 0.05) is 37.0 Å². The minimum atomic E-state index is 0.205. The number of aryl methyl sites for hydroxylation is 1. The average Bonchev–Trinajstić information content (AvgIpc) is 2.99. The molecule has 0 amide bonds. The molecule has 1 atom stereocenters. The van der Waals surface area contributed by atoms with E-state index in [9.17, 15) is 0 Å². The van der Waals surface area contributed by atoms with Crippen LogP contribution >= 0.6 is 0 Å². The standard InChI is InChI=1S/C13H21N5/c1-3-12(14)5-13-9-17(10-15-13)7-11-6-16-18(4-2)8-11/h6,8-10,12H,3-5,7,14H2,1-2H3. The van der Waals surface area contributed by atoms with Gasteiger partial charge in [0.05, 0.1) is 24.8 Å². The molecule has 5 heteroatoms. The lowest BCUT2D eigenvalue weighted by molar-refractivity contribution is 0.638. The Balaban J connectivity index is 1.97. The van der Waals surface area contributed by atoms with Crippen LogP contribution in [0.2, 0.25) is 0 Å². The molecule has 0 aromatic carbocycles. The van der Waals surface area contributed by atoms with Crippen molar-refractivity contribution in [1.29, 1.82) is 0 Å². The van der Waals surface area contributed by atoms with Crippen molar-refractivity contribution >= 4 is 0 Å². The molecule has 0 saturated heterocycles. The van der Waals surface area contributed by atoms with Crippen molar-refractivity contribution in [3.63, 3.8) is 0 Å². The van der Waals surface area contributed by atoms with E-state index in [1.54, 1.807) is 0 Å². The van der Waals surface area contributed by atoms with Crippen LogP contribution in [0.25, 0.3) is 0 Å². The lowest BCUT2D eigenvalue weighted by Gasteiger charge is -2.04. The number of nitrogens with two attached hydrogens (primary N) is 1. The van der Waals surface area contributed by atoms with Crippen molar-refractivity contribution in [2.45, 2.75) is 45.8 Å². The Morgan fingerprint density at radius 3 is 2.83 bits per heavy atom. The second-order valence-corrected chi connectivity index (χ2v) is 4.61. The van der Waals surface area contributed by atoms with E-state index in [0.717, 1.165) is 31.6 Å². The fourth-order valence-electron chi connectivity index (χ4n) is 1.88. The molecule has 0 aliphatic heterocycles. The lowest BCUT2D eigenvalue weighted by Crippen LogP contribution is -2.21. The van der Waals surface area contributed by atoms with Crippen molar-refractivity contribution in [3.05, 3.63) is 36.2 Å². The van der Waals surface area contributed by atoms with Gasteiger partial charge in [-0.25, -0.2) is 4.98 Å². The molecule has 5 nitrogen and oxygen atoms in total. The van der Waals surface area contributed by atoms with Crippen LogP contribution < -0.4 is 5.73 Å². The predicted molar refractivity (Wildman–Crippen MR) is 71.2 cm³/mol. The Morgan fingerprint density at radius 1 is 1.33 bits per heavy atom. The van der Waals surface area contributed by atoms with Crippen molar-refractivity contribution in [1.82, 2.24) is 19.3 Å². The summed E-state index contributed by atoms with van der Waals surface area (Å²) in [7, 11) is 0. The Morgan fingerprint density at radius 2 is 2.17 bits per heavy atom. The summed E-state index contributed by atoms with van der Waals surface area (Å²) in [5.41, 5.74) is 8.18. The van der Waals surface area contributed by atoms with Gasteiger partial charge in [0.1, 0.15) is 0 Å². The number of aromatic nitrogens is 4. The van der Waals surface area contributed by atoms with Crippen LogP contribution in [0.4, 0.5) is 0 Å². The third kappa shape index (κ3) is 3.20. The first-order chi connectivity index (χ1) is 8.71. The van der Waals surface area contributed by atoms with Gasteiger partial charge in [-0.2, -0.15) is 5.10 Å². The number of hydrogen-bond acceptors (Lipinski definition) is 3. The van der Waals surface area contributed by atoms with Crippen molar-refractivity contribution in [3.8, 4) is 0 Å². The largest absolute Gasteiger partial charge is 0.333 e. The Labute approximate surface area is 108 Å². The van der Waals surface area contributed by atoms with Gasteiger partial charge in [0.25, 0.3) is 0 Å². The molecule has 2 rings (SSSR count). The molecule has 0 aliphatic carbocycles. The minimum Gasteiger partial charge on any atom is -0.333 e. The van der Waals surface area contributed by atoms with E-state index in [2.05, 4.69) is 40.9 Å². The van der Waals surface area contributed by atoms with Crippen LogP contribution in [-0.2, 0) is 19.5 Å². The third-order valence-electron chi connectivity index (χ3n) is 3.06. The molecule has 98 valence electrons. The number of nitrogens with zero attached hydrogens (tertiary/aromatic N) is 4. The fraction of sp³-hybridized carbons (Fsp3) is 0.538. The highest BCUT2D eigenvalue weighted by atomic mass is 15.3. The van der Waals surface area contributed by atoms with E-state index >= 15 is 0 Å². The molecular formula is C13H21N5. The second-order valence-electron chi connectivity index (χ2n) is 4.61. The summed E-state index contributed by atoms with van der Waals surface area (Å²) in [5.74, 6) is 0. The summed E-state index contributed by atoms with van der Waals surface area (Å²) in [6.45, 7) is 5.90. The Kier molecular flexibility index (Phi) is 4.15. The summed E-state index contributed by atoms with van der Waals surface area (Å²) >= 11 is 0. The molecule has 18 heavy (non-hydrogen) atoms. The van der Waals surface area contributed by atoms with Gasteiger partial charge in [-0.1, -0.05) is 6.92 Å².